The minimum atomic E-state index is 0.00941. The highest BCUT2D eigenvalue weighted by Gasteiger charge is 2.08. The van der Waals surface area contributed by atoms with Crippen molar-refractivity contribution in [2.75, 3.05) is 5.32 Å². The van der Waals surface area contributed by atoms with E-state index < -0.39 is 0 Å². The molecule has 1 N–H and O–H groups in total. The molecule has 0 fully saturated rings. The summed E-state index contributed by atoms with van der Waals surface area (Å²) in [4.78, 5) is 16.4. The van der Waals surface area contributed by atoms with Crippen molar-refractivity contribution in [1.29, 1.82) is 0 Å². The maximum atomic E-state index is 11.9. The molecule has 0 spiro atoms. The van der Waals surface area contributed by atoms with Crippen molar-refractivity contribution < 1.29 is 4.79 Å². The van der Waals surface area contributed by atoms with E-state index >= 15 is 0 Å². The first kappa shape index (κ1) is 14.0. The molecule has 2 aromatic heterocycles. The second-order valence-corrected chi connectivity index (χ2v) is 6.22. The van der Waals surface area contributed by atoms with E-state index in [9.17, 15) is 4.79 Å². The molecule has 1 aromatic carbocycles. The van der Waals surface area contributed by atoms with Gasteiger partial charge >= 0.3 is 0 Å². The standard InChI is InChI=1S/C16H14N2OS2/c19-15(7-6-12-8-9-20-10-12)18-16-17-14(11-21-16)13-4-2-1-3-5-13/h1-5,8-11H,6-7H2,(H,17,18,19). The fourth-order valence-corrected chi connectivity index (χ4v) is 3.39. The molecular weight excluding hydrogens is 300 g/mol. The zero-order valence-corrected chi connectivity index (χ0v) is 12.9. The van der Waals surface area contributed by atoms with Crippen molar-refractivity contribution in [3.63, 3.8) is 0 Å². The lowest BCUT2D eigenvalue weighted by Crippen LogP contribution is -2.11. The molecule has 0 saturated carbocycles. The number of carbonyl (C=O) groups is 1. The molecule has 0 aliphatic carbocycles. The van der Waals surface area contributed by atoms with E-state index in [1.165, 1.54) is 16.9 Å². The van der Waals surface area contributed by atoms with Gasteiger partial charge in [0.25, 0.3) is 0 Å². The third-order valence-electron chi connectivity index (χ3n) is 3.04. The Kier molecular flexibility index (Phi) is 4.43. The van der Waals surface area contributed by atoms with Crippen LogP contribution in [-0.4, -0.2) is 10.9 Å². The van der Waals surface area contributed by atoms with Crippen LogP contribution in [0.5, 0.6) is 0 Å². The molecule has 0 radical (unpaired) electrons. The third-order valence-corrected chi connectivity index (χ3v) is 4.53. The lowest BCUT2D eigenvalue weighted by molar-refractivity contribution is -0.116. The quantitative estimate of drug-likeness (QED) is 0.756. The van der Waals surface area contributed by atoms with E-state index in [2.05, 4.69) is 21.7 Å². The van der Waals surface area contributed by atoms with Gasteiger partial charge in [0.1, 0.15) is 0 Å². The predicted octanol–water partition coefficient (Wildman–Crippen LogP) is 4.44. The minimum absolute atomic E-state index is 0.00941. The number of nitrogens with zero attached hydrogens (tertiary/aromatic N) is 1. The highest BCUT2D eigenvalue weighted by molar-refractivity contribution is 7.14. The number of thiophene rings is 1. The molecular formula is C16H14N2OS2. The summed E-state index contributed by atoms with van der Waals surface area (Å²) in [6, 6.07) is 12.0. The number of hydrogen-bond acceptors (Lipinski definition) is 4. The highest BCUT2D eigenvalue weighted by Crippen LogP contribution is 2.24. The van der Waals surface area contributed by atoms with Gasteiger partial charge < -0.3 is 5.32 Å². The van der Waals surface area contributed by atoms with Gasteiger partial charge in [-0.3, -0.25) is 4.79 Å². The van der Waals surface area contributed by atoms with E-state index in [0.29, 0.717) is 11.6 Å². The molecule has 0 aliphatic heterocycles. The van der Waals surface area contributed by atoms with Crippen molar-refractivity contribution in [2.45, 2.75) is 12.8 Å². The van der Waals surface area contributed by atoms with Gasteiger partial charge in [0.2, 0.25) is 5.91 Å². The van der Waals surface area contributed by atoms with Crippen LogP contribution in [0, 0.1) is 0 Å². The number of nitrogens with one attached hydrogen (secondary N) is 1. The monoisotopic (exact) mass is 314 g/mol. The molecule has 0 bridgehead atoms. The summed E-state index contributed by atoms with van der Waals surface area (Å²) < 4.78 is 0. The minimum Gasteiger partial charge on any atom is -0.302 e. The van der Waals surface area contributed by atoms with E-state index in [1.54, 1.807) is 11.3 Å². The zero-order valence-electron chi connectivity index (χ0n) is 11.3. The van der Waals surface area contributed by atoms with Crippen LogP contribution in [0.1, 0.15) is 12.0 Å². The van der Waals surface area contributed by atoms with Crippen LogP contribution in [0.2, 0.25) is 0 Å². The Hall–Kier alpha value is -1.98. The van der Waals surface area contributed by atoms with E-state index in [0.717, 1.165) is 17.7 Å². The number of aryl methyl sites for hydroxylation is 1. The molecule has 106 valence electrons. The maximum Gasteiger partial charge on any atom is 0.226 e. The smallest absolute Gasteiger partial charge is 0.226 e. The van der Waals surface area contributed by atoms with Crippen LogP contribution >= 0.6 is 22.7 Å². The summed E-state index contributed by atoms with van der Waals surface area (Å²) in [6.07, 6.45) is 1.25. The second-order valence-electron chi connectivity index (χ2n) is 4.58. The summed E-state index contributed by atoms with van der Waals surface area (Å²) in [6.45, 7) is 0. The first-order valence-electron chi connectivity index (χ1n) is 6.63. The average molecular weight is 314 g/mol. The lowest BCUT2D eigenvalue weighted by atomic mass is 10.2. The van der Waals surface area contributed by atoms with E-state index in [4.69, 9.17) is 0 Å². The largest absolute Gasteiger partial charge is 0.302 e. The Morgan fingerprint density at radius 3 is 2.76 bits per heavy atom. The van der Waals surface area contributed by atoms with Crippen LogP contribution in [0.25, 0.3) is 11.3 Å². The molecule has 2 heterocycles. The molecule has 21 heavy (non-hydrogen) atoms. The van der Waals surface area contributed by atoms with Crippen LogP contribution in [0.4, 0.5) is 5.13 Å². The van der Waals surface area contributed by atoms with Gasteiger partial charge in [-0.25, -0.2) is 4.98 Å². The van der Waals surface area contributed by atoms with Crippen LogP contribution in [-0.2, 0) is 11.2 Å². The Morgan fingerprint density at radius 1 is 1.14 bits per heavy atom. The number of thiazole rings is 1. The Balaban J connectivity index is 1.58. The summed E-state index contributed by atoms with van der Waals surface area (Å²) in [5, 5.41) is 9.59. The van der Waals surface area contributed by atoms with Gasteiger partial charge in [0.05, 0.1) is 5.69 Å². The lowest BCUT2D eigenvalue weighted by Gasteiger charge is -2.00. The van der Waals surface area contributed by atoms with Crippen molar-refractivity contribution >= 4 is 33.7 Å². The van der Waals surface area contributed by atoms with Crippen LogP contribution < -0.4 is 5.32 Å². The normalized spacial score (nSPS) is 10.5. The fourth-order valence-electron chi connectivity index (χ4n) is 1.95. The zero-order chi connectivity index (χ0) is 14.5. The number of aromatic nitrogens is 1. The van der Waals surface area contributed by atoms with Gasteiger partial charge in [0, 0.05) is 17.4 Å². The molecule has 5 heteroatoms. The Labute approximate surface area is 131 Å². The molecule has 0 aliphatic rings. The van der Waals surface area contributed by atoms with Crippen LogP contribution in [0.15, 0.2) is 52.5 Å². The van der Waals surface area contributed by atoms with Gasteiger partial charge in [-0.05, 0) is 28.8 Å². The second kappa shape index (κ2) is 6.65. The molecule has 3 aromatic rings. The van der Waals surface area contributed by atoms with E-state index in [-0.39, 0.29) is 5.91 Å². The SMILES string of the molecule is O=C(CCc1ccsc1)Nc1nc(-c2ccccc2)cs1. The van der Waals surface area contributed by atoms with Crippen molar-refractivity contribution in [3.05, 3.63) is 58.1 Å². The molecule has 3 nitrogen and oxygen atoms in total. The number of rotatable bonds is 5. The molecule has 1 amide bonds. The summed E-state index contributed by atoms with van der Waals surface area (Å²) in [5.74, 6) is 0.00941. The first-order valence-corrected chi connectivity index (χ1v) is 8.45. The number of amides is 1. The molecule has 0 saturated heterocycles. The number of benzene rings is 1. The highest BCUT2D eigenvalue weighted by atomic mass is 32.1. The summed E-state index contributed by atoms with van der Waals surface area (Å²) >= 11 is 3.11. The van der Waals surface area contributed by atoms with Crippen molar-refractivity contribution in [1.82, 2.24) is 4.98 Å². The molecule has 0 unspecified atom stereocenters. The summed E-state index contributed by atoms with van der Waals surface area (Å²) in [7, 11) is 0. The predicted molar refractivity (Wildman–Crippen MR) is 88.8 cm³/mol. The number of carbonyl (C=O) groups excluding carboxylic acids is 1. The van der Waals surface area contributed by atoms with Gasteiger partial charge in [0.15, 0.2) is 5.13 Å². The van der Waals surface area contributed by atoms with Gasteiger partial charge in [-0.2, -0.15) is 11.3 Å². The Morgan fingerprint density at radius 2 is 2.00 bits per heavy atom. The third kappa shape index (κ3) is 3.77. The van der Waals surface area contributed by atoms with Crippen molar-refractivity contribution in [2.24, 2.45) is 0 Å². The summed E-state index contributed by atoms with van der Waals surface area (Å²) in [5.41, 5.74) is 3.17. The van der Waals surface area contributed by atoms with E-state index in [1.807, 2.05) is 41.1 Å². The fraction of sp³-hybridized carbons (Fsp3) is 0.125. The average Bonchev–Trinajstić information content (AvgIpc) is 3.17. The number of hydrogen-bond donors (Lipinski definition) is 1. The molecule has 0 atom stereocenters. The van der Waals surface area contributed by atoms with Crippen LogP contribution in [0.3, 0.4) is 0 Å². The topological polar surface area (TPSA) is 42.0 Å². The van der Waals surface area contributed by atoms with Gasteiger partial charge in [-0.15, -0.1) is 11.3 Å². The van der Waals surface area contributed by atoms with Gasteiger partial charge in [-0.1, -0.05) is 30.3 Å². The van der Waals surface area contributed by atoms with Crippen molar-refractivity contribution in [3.8, 4) is 11.3 Å². The Bertz CT molecular complexity index is 705. The molecule has 3 rings (SSSR count). The number of anilines is 1. The first-order chi connectivity index (χ1) is 10.3. The maximum absolute atomic E-state index is 11.9.